The molecule has 3 aliphatic rings. The molecule has 1 atom stereocenters. The molecule has 6 rings (SSSR count). The third-order valence-corrected chi connectivity index (χ3v) is 6.01. The van der Waals surface area contributed by atoms with Gasteiger partial charge in [0, 0.05) is 37.2 Å². The molecule has 0 aromatic carbocycles. The monoisotopic (exact) mass is 406 g/mol. The molecule has 3 aromatic rings. The van der Waals surface area contributed by atoms with Gasteiger partial charge in [0.1, 0.15) is 23.4 Å². The van der Waals surface area contributed by atoms with Crippen molar-refractivity contribution < 1.29 is 9.47 Å². The highest BCUT2D eigenvalue weighted by Crippen LogP contribution is 2.40. The van der Waals surface area contributed by atoms with E-state index >= 15 is 0 Å². The molecule has 0 bridgehead atoms. The molecule has 0 spiro atoms. The van der Waals surface area contributed by atoms with Crippen LogP contribution in [0, 0.1) is 0 Å². The molecule has 2 aliphatic heterocycles. The Kier molecular flexibility index (Phi) is 4.44. The Hall–Kier alpha value is -2.87. The van der Waals surface area contributed by atoms with Crippen LogP contribution in [0.2, 0.25) is 0 Å². The number of pyridine rings is 1. The average molecular weight is 406 g/mol. The summed E-state index contributed by atoms with van der Waals surface area (Å²) in [5.41, 5.74) is 2.19. The van der Waals surface area contributed by atoms with Gasteiger partial charge in [0.25, 0.3) is 0 Å². The molecule has 5 heterocycles. The SMILES string of the molecule is c1cc(Oc2cn(C3CC3)nc2C2CCCCO2)cc(Nc2cc3n(n2)CCC3)n1. The fourth-order valence-electron chi connectivity index (χ4n) is 4.30. The van der Waals surface area contributed by atoms with Crippen molar-refractivity contribution in [1.82, 2.24) is 24.5 Å². The van der Waals surface area contributed by atoms with Gasteiger partial charge < -0.3 is 14.8 Å². The van der Waals surface area contributed by atoms with Crippen LogP contribution >= 0.6 is 0 Å². The van der Waals surface area contributed by atoms with Gasteiger partial charge in [0.15, 0.2) is 11.6 Å². The van der Waals surface area contributed by atoms with E-state index in [2.05, 4.69) is 30.8 Å². The van der Waals surface area contributed by atoms with Crippen LogP contribution in [-0.4, -0.2) is 31.2 Å². The van der Waals surface area contributed by atoms with Gasteiger partial charge in [-0.05, 0) is 51.0 Å². The van der Waals surface area contributed by atoms with Crippen molar-refractivity contribution >= 4 is 11.6 Å². The Morgan fingerprint density at radius 3 is 2.87 bits per heavy atom. The minimum absolute atomic E-state index is 0.0149. The van der Waals surface area contributed by atoms with Crippen LogP contribution in [0.5, 0.6) is 11.5 Å². The Balaban J connectivity index is 1.23. The molecule has 0 radical (unpaired) electrons. The molecule has 1 saturated carbocycles. The number of rotatable bonds is 6. The number of anilines is 2. The largest absolute Gasteiger partial charge is 0.453 e. The molecule has 8 heteroatoms. The van der Waals surface area contributed by atoms with Gasteiger partial charge in [-0.2, -0.15) is 10.2 Å². The van der Waals surface area contributed by atoms with E-state index in [1.165, 1.54) is 31.4 Å². The van der Waals surface area contributed by atoms with E-state index in [1.807, 2.05) is 18.3 Å². The van der Waals surface area contributed by atoms with Crippen LogP contribution in [-0.2, 0) is 17.7 Å². The summed E-state index contributed by atoms with van der Waals surface area (Å²) < 4.78 is 16.4. The van der Waals surface area contributed by atoms with Crippen molar-refractivity contribution in [3.63, 3.8) is 0 Å². The van der Waals surface area contributed by atoms with Crippen molar-refractivity contribution in [2.24, 2.45) is 0 Å². The molecular weight excluding hydrogens is 380 g/mol. The standard InChI is InChI=1S/C22H26N6O2/c1-2-11-29-18(5-1)22-19(14-28(26-22)15-6-7-15)30-17-8-9-23-20(13-17)24-21-12-16-4-3-10-27(16)25-21/h8-9,12-15,18H,1-7,10-11H2,(H,23,24,25). The smallest absolute Gasteiger partial charge is 0.171 e. The summed E-state index contributed by atoms with van der Waals surface area (Å²) in [7, 11) is 0. The van der Waals surface area contributed by atoms with Crippen molar-refractivity contribution in [1.29, 1.82) is 0 Å². The number of nitrogens with one attached hydrogen (secondary N) is 1. The third kappa shape index (κ3) is 3.56. The zero-order valence-corrected chi connectivity index (χ0v) is 17.0. The molecule has 156 valence electrons. The fourth-order valence-corrected chi connectivity index (χ4v) is 4.30. The first-order chi connectivity index (χ1) is 14.8. The van der Waals surface area contributed by atoms with E-state index < -0.39 is 0 Å². The topological polar surface area (TPSA) is 79.0 Å². The van der Waals surface area contributed by atoms with Gasteiger partial charge in [-0.25, -0.2) is 4.98 Å². The van der Waals surface area contributed by atoms with Crippen LogP contribution in [0.3, 0.4) is 0 Å². The Morgan fingerprint density at radius 1 is 1.07 bits per heavy atom. The Bertz CT molecular complexity index is 1030. The number of nitrogens with zero attached hydrogens (tertiary/aromatic N) is 5. The molecule has 1 saturated heterocycles. The maximum atomic E-state index is 6.29. The summed E-state index contributed by atoms with van der Waals surface area (Å²) in [6.45, 7) is 1.78. The number of ether oxygens (including phenoxy) is 2. The van der Waals surface area contributed by atoms with Gasteiger partial charge in [-0.15, -0.1) is 0 Å². The van der Waals surface area contributed by atoms with Gasteiger partial charge in [-0.3, -0.25) is 9.36 Å². The zero-order valence-electron chi connectivity index (χ0n) is 17.0. The second-order valence-corrected chi connectivity index (χ2v) is 8.40. The quantitative estimate of drug-likeness (QED) is 0.648. The number of hydrogen-bond donors (Lipinski definition) is 1. The predicted octanol–water partition coefficient (Wildman–Crippen LogP) is 4.53. The highest BCUT2D eigenvalue weighted by molar-refractivity contribution is 5.54. The van der Waals surface area contributed by atoms with E-state index in [0.29, 0.717) is 11.9 Å². The number of hydrogen-bond acceptors (Lipinski definition) is 6. The average Bonchev–Trinajstić information content (AvgIpc) is 3.20. The second kappa shape index (κ2) is 7.43. The summed E-state index contributed by atoms with van der Waals surface area (Å²) >= 11 is 0. The maximum absolute atomic E-state index is 6.29. The Labute approximate surface area is 175 Å². The normalized spacial score (nSPS) is 20.9. The lowest BCUT2D eigenvalue weighted by molar-refractivity contribution is 0.0109. The number of aromatic nitrogens is 5. The molecule has 2 fully saturated rings. The summed E-state index contributed by atoms with van der Waals surface area (Å²) in [4.78, 5) is 4.43. The van der Waals surface area contributed by atoms with E-state index in [9.17, 15) is 0 Å². The van der Waals surface area contributed by atoms with Gasteiger partial charge in [0.2, 0.25) is 0 Å². The number of fused-ring (bicyclic) bond motifs is 1. The molecular formula is C22H26N6O2. The minimum Gasteiger partial charge on any atom is -0.453 e. The molecule has 3 aromatic heterocycles. The highest BCUT2D eigenvalue weighted by Gasteiger charge is 2.30. The summed E-state index contributed by atoms with van der Waals surface area (Å²) in [6.07, 6.45) is 11.7. The van der Waals surface area contributed by atoms with E-state index in [-0.39, 0.29) is 6.10 Å². The third-order valence-electron chi connectivity index (χ3n) is 6.01. The second-order valence-electron chi connectivity index (χ2n) is 8.40. The summed E-state index contributed by atoms with van der Waals surface area (Å²) in [5, 5.41) is 12.7. The van der Waals surface area contributed by atoms with Crippen molar-refractivity contribution in [2.75, 3.05) is 11.9 Å². The van der Waals surface area contributed by atoms with Gasteiger partial charge in [-0.1, -0.05) is 0 Å². The molecule has 1 unspecified atom stereocenters. The van der Waals surface area contributed by atoms with Gasteiger partial charge >= 0.3 is 0 Å². The van der Waals surface area contributed by atoms with Crippen LogP contribution in [0.15, 0.2) is 30.6 Å². The fraction of sp³-hybridized carbons (Fsp3) is 0.500. The van der Waals surface area contributed by atoms with Crippen molar-refractivity contribution in [3.8, 4) is 11.5 Å². The lowest BCUT2D eigenvalue weighted by Crippen LogP contribution is -2.13. The lowest BCUT2D eigenvalue weighted by atomic mass is 10.1. The Morgan fingerprint density at radius 2 is 2.03 bits per heavy atom. The maximum Gasteiger partial charge on any atom is 0.171 e. The zero-order chi connectivity index (χ0) is 19.9. The van der Waals surface area contributed by atoms with E-state index in [4.69, 9.17) is 14.6 Å². The first kappa shape index (κ1) is 17.9. The van der Waals surface area contributed by atoms with E-state index in [0.717, 1.165) is 55.4 Å². The van der Waals surface area contributed by atoms with Crippen molar-refractivity contribution in [2.45, 2.75) is 63.6 Å². The van der Waals surface area contributed by atoms with Crippen LogP contribution in [0.1, 0.15) is 62.1 Å². The summed E-state index contributed by atoms with van der Waals surface area (Å²) in [5.74, 6) is 3.06. The van der Waals surface area contributed by atoms with Crippen LogP contribution < -0.4 is 10.1 Å². The first-order valence-corrected chi connectivity index (χ1v) is 11.0. The number of aryl methyl sites for hydroxylation is 2. The highest BCUT2D eigenvalue weighted by atomic mass is 16.5. The lowest BCUT2D eigenvalue weighted by Gasteiger charge is -2.21. The van der Waals surface area contributed by atoms with Crippen LogP contribution in [0.4, 0.5) is 11.6 Å². The molecule has 1 N–H and O–H groups in total. The van der Waals surface area contributed by atoms with Gasteiger partial charge in [0.05, 0.1) is 12.2 Å². The summed E-state index contributed by atoms with van der Waals surface area (Å²) in [6, 6.07) is 6.38. The molecule has 1 aliphatic carbocycles. The molecule has 30 heavy (non-hydrogen) atoms. The molecule has 0 amide bonds. The predicted molar refractivity (Wildman–Crippen MR) is 111 cm³/mol. The molecule has 8 nitrogen and oxygen atoms in total. The van der Waals surface area contributed by atoms with Crippen LogP contribution in [0.25, 0.3) is 0 Å². The minimum atomic E-state index is 0.0149. The van der Waals surface area contributed by atoms with E-state index in [1.54, 1.807) is 6.20 Å². The first-order valence-electron chi connectivity index (χ1n) is 11.0. The van der Waals surface area contributed by atoms with Crippen molar-refractivity contribution in [3.05, 3.63) is 42.0 Å².